The van der Waals surface area contributed by atoms with Gasteiger partial charge in [-0.05, 0) is 18.1 Å². The van der Waals surface area contributed by atoms with Gasteiger partial charge in [0.25, 0.3) is 0 Å². The van der Waals surface area contributed by atoms with Gasteiger partial charge < -0.3 is 15.5 Å². The minimum atomic E-state index is 0.139. The molecule has 1 aromatic rings. The van der Waals surface area contributed by atoms with E-state index in [9.17, 15) is 4.79 Å². The van der Waals surface area contributed by atoms with E-state index in [0.717, 1.165) is 48.9 Å². The van der Waals surface area contributed by atoms with E-state index in [1.165, 1.54) is 0 Å². The second kappa shape index (κ2) is 6.26. The zero-order valence-corrected chi connectivity index (χ0v) is 12.0. The molecule has 0 aliphatic carbocycles. The molecular formula is C14H20ClN3O. The molecule has 19 heavy (non-hydrogen) atoms. The first-order valence-corrected chi connectivity index (χ1v) is 6.99. The molecule has 1 aliphatic heterocycles. The highest BCUT2D eigenvalue weighted by Gasteiger charge is 2.20. The normalized spacial score (nSPS) is 16.4. The quantitative estimate of drug-likeness (QED) is 0.900. The molecule has 0 aromatic heterocycles. The summed E-state index contributed by atoms with van der Waals surface area (Å²) in [5.74, 6) is 0.139. The largest absolute Gasteiger partial charge is 0.368 e. The van der Waals surface area contributed by atoms with Crippen molar-refractivity contribution in [1.82, 2.24) is 4.90 Å². The number of benzene rings is 1. The number of carbonyl (C=O) groups is 1. The van der Waals surface area contributed by atoms with Crippen molar-refractivity contribution in [3.63, 3.8) is 0 Å². The number of hydrogen-bond acceptors (Lipinski definition) is 3. The summed E-state index contributed by atoms with van der Waals surface area (Å²) >= 11 is 6.32. The summed E-state index contributed by atoms with van der Waals surface area (Å²) in [5.41, 5.74) is 7.88. The third-order valence-electron chi connectivity index (χ3n) is 3.55. The summed E-state index contributed by atoms with van der Waals surface area (Å²) in [6.07, 6.45) is 0.953. The van der Waals surface area contributed by atoms with Gasteiger partial charge in [-0.15, -0.1) is 0 Å². The lowest BCUT2D eigenvalue weighted by Gasteiger charge is -2.26. The van der Waals surface area contributed by atoms with Gasteiger partial charge >= 0.3 is 0 Å². The second-order valence-corrected chi connectivity index (χ2v) is 5.21. The SMILES string of the molecule is CC(=O)N1CCCN(c2c(Cl)cccc2CN)CC1. The van der Waals surface area contributed by atoms with Crippen LogP contribution in [0.3, 0.4) is 0 Å². The molecule has 2 rings (SSSR count). The summed E-state index contributed by atoms with van der Waals surface area (Å²) in [7, 11) is 0. The molecule has 1 aromatic carbocycles. The van der Waals surface area contributed by atoms with Crippen molar-refractivity contribution in [1.29, 1.82) is 0 Å². The Kier molecular flexibility index (Phi) is 4.66. The van der Waals surface area contributed by atoms with Crippen molar-refractivity contribution in [3.8, 4) is 0 Å². The number of nitrogens with two attached hydrogens (primary N) is 1. The molecule has 5 heteroatoms. The van der Waals surface area contributed by atoms with E-state index in [1.54, 1.807) is 6.92 Å². The topological polar surface area (TPSA) is 49.6 Å². The van der Waals surface area contributed by atoms with Crippen LogP contribution in [0.5, 0.6) is 0 Å². The number of rotatable bonds is 2. The third kappa shape index (κ3) is 3.19. The van der Waals surface area contributed by atoms with E-state index < -0.39 is 0 Å². The number of halogens is 1. The fourth-order valence-electron chi connectivity index (χ4n) is 2.53. The maximum absolute atomic E-state index is 11.4. The van der Waals surface area contributed by atoms with Gasteiger partial charge in [0.15, 0.2) is 0 Å². The van der Waals surface area contributed by atoms with Crippen molar-refractivity contribution in [3.05, 3.63) is 28.8 Å². The number of carbonyl (C=O) groups excluding carboxylic acids is 1. The van der Waals surface area contributed by atoms with Gasteiger partial charge in [-0.3, -0.25) is 4.79 Å². The lowest BCUT2D eigenvalue weighted by Crippen LogP contribution is -2.34. The van der Waals surface area contributed by atoms with E-state index in [1.807, 2.05) is 23.1 Å². The fraction of sp³-hybridized carbons (Fsp3) is 0.500. The van der Waals surface area contributed by atoms with Gasteiger partial charge in [-0.2, -0.15) is 0 Å². The predicted octanol–water partition coefficient (Wildman–Crippen LogP) is 1.86. The van der Waals surface area contributed by atoms with E-state index in [4.69, 9.17) is 17.3 Å². The minimum absolute atomic E-state index is 0.139. The highest BCUT2D eigenvalue weighted by molar-refractivity contribution is 6.33. The molecule has 4 nitrogen and oxygen atoms in total. The van der Waals surface area contributed by atoms with Gasteiger partial charge in [0, 0.05) is 39.6 Å². The van der Waals surface area contributed by atoms with Crippen LogP contribution in [-0.4, -0.2) is 37.0 Å². The Morgan fingerprint density at radius 1 is 1.32 bits per heavy atom. The Balaban J connectivity index is 2.21. The summed E-state index contributed by atoms with van der Waals surface area (Å²) in [5, 5.41) is 0.735. The Morgan fingerprint density at radius 3 is 2.79 bits per heavy atom. The van der Waals surface area contributed by atoms with E-state index in [-0.39, 0.29) is 5.91 Å². The average Bonchev–Trinajstić information content (AvgIpc) is 2.64. The molecule has 0 atom stereocenters. The highest BCUT2D eigenvalue weighted by atomic mass is 35.5. The smallest absolute Gasteiger partial charge is 0.219 e. The standard InChI is InChI=1S/C14H20ClN3O/c1-11(19)17-6-3-7-18(9-8-17)14-12(10-16)4-2-5-13(14)15/h2,4-5H,3,6-10,16H2,1H3. The summed E-state index contributed by atoms with van der Waals surface area (Å²) in [6, 6.07) is 5.83. The molecule has 0 unspecified atom stereocenters. The summed E-state index contributed by atoms with van der Waals surface area (Å²) < 4.78 is 0. The molecule has 1 amide bonds. The minimum Gasteiger partial charge on any atom is -0.368 e. The first-order chi connectivity index (χ1) is 9.13. The number of nitrogens with zero attached hydrogens (tertiary/aromatic N) is 2. The van der Waals surface area contributed by atoms with Crippen molar-refractivity contribution < 1.29 is 4.79 Å². The van der Waals surface area contributed by atoms with Crippen LogP contribution in [0.15, 0.2) is 18.2 Å². The van der Waals surface area contributed by atoms with Crippen molar-refractivity contribution in [2.75, 3.05) is 31.1 Å². The lowest BCUT2D eigenvalue weighted by molar-refractivity contribution is -0.128. The Labute approximate surface area is 119 Å². The molecular weight excluding hydrogens is 262 g/mol. The number of amides is 1. The molecule has 1 fully saturated rings. The third-order valence-corrected chi connectivity index (χ3v) is 3.85. The van der Waals surface area contributed by atoms with Crippen LogP contribution in [0.1, 0.15) is 18.9 Å². The molecule has 1 saturated heterocycles. The molecule has 1 heterocycles. The summed E-state index contributed by atoms with van der Waals surface area (Å²) in [4.78, 5) is 15.6. The van der Waals surface area contributed by atoms with Crippen molar-refractivity contribution >= 4 is 23.2 Å². The average molecular weight is 282 g/mol. The predicted molar refractivity (Wildman–Crippen MR) is 78.4 cm³/mol. The number of para-hydroxylation sites is 1. The van der Waals surface area contributed by atoms with Gasteiger partial charge in [-0.1, -0.05) is 23.7 Å². The first kappa shape index (κ1) is 14.2. The molecule has 1 aliphatic rings. The Morgan fingerprint density at radius 2 is 2.11 bits per heavy atom. The monoisotopic (exact) mass is 281 g/mol. The zero-order valence-electron chi connectivity index (χ0n) is 11.2. The van der Waals surface area contributed by atoms with Crippen LogP contribution < -0.4 is 10.6 Å². The molecule has 0 bridgehead atoms. The summed E-state index contributed by atoms with van der Waals surface area (Å²) in [6.45, 7) is 5.36. The van der Waals surface area contributed by atoms with Gasteiger partial charge in [-0.25, -0.2) is 0 Å². The van der Waals surface area contributed by atoms with Gasteiger partial charge in [0.2, 0.25) is 5.91 Å². The molecule has 0 spiro atoms. The van der Waals surface area contributed by atoms with E-state index >= 15 is 0 Å². The Hall–Kier alpha value is -1.26. The van der Waals surface area contributed by atoms with E-state index in [0.29, 0.717) is 6.54 Å². The number of hydrogen-bond donors (Lipinski definition) is 1. The second-order valence-electron chi connectivity index (χ2n) is 4.80. The maximum Gasteiger partial charge on any atom is 0.219 e. The van der Waals surface area contributed by atoms with Gasteiger partial charge in [0.1, 0.15) is 0 Å². The fourth-order valence-corrected chi connectivity index (χ4v) is 2.85. The Bertz CT molecular complexity index is 464. The van der Waals surface area contributed by atoms with Crippen molar-refractivity contribution in [2.45, 2.75) is 19.9 Å². The van der Waals surface area contributed by atoms with Crippen LogP contribution in [0.25, 0.3) is 0 Å². The lowest BCUT2D eigenvalue weighted by atomic mass is 10.1. The zero-order chi connectivity index (χ0) is 13.8. The van der Waals surface area contributed by atoms with Crippen LogP contribution in [0.4, 0.5) is 5.69 Å². The van der Waals surface area contributed by atoms with Crippen LogP contribution in [0, 0.1) is 0 Å². The van der Waals surface area contributed by atoms with Gasteiger partial charge in [0.05, 0.1) is 10.7 Å². The molecule has 0 radical (unpaired) electrons. The molecule has 104 valence electrons. The van der Waals surface area contributed by atoms with Crippen LogP contribution in [0.2, 0.25) is 5.02 Å². The molecule has 2 N–H and O–H groups in total. The van der Waals surface area contributed by atoms with Crippen LogP contribution in [-0.2, 0) is 11.3 Å². The highest BCUT2D eigenvalue weighted by Crippen LogP contribution is 2.30. The van der Waals surface area contributed by atoms with E-state index in [2.05, 4.69) is 4.90 Å². The van der Waals surface area contributed by atoms with Crippen molar-refractivity contribution in [2.24, 2.45) is 5.73 Å². The number of anilines is 1. The maximum atomic E-state index is 11.4. The van der Waals surface area contributed by atoms with Crippen LogP contribution >= 0.6 is 11.6 Å². The molecule has 0 saturated carbocycles. The first-order valence-electron chi connectivity index (χ1n) is 6.61.